The Balaban J connectivity index is 1.82. The van der Waals surface area contributed by atoms with Crippen LogP contribution < -0.4 is 10.1 Å². The molecule has 2 unspecified atom stereocenters. The lowest BCUT2D eigenvalue weighted by atomic mass is 9.94. The van der Waals surface area contributed by atoms with Gasteiger partial charge in [0.25, 0.3) is 0 Å². The molecule has 0 saturated carbocycles. The van der Waals surface area contributed by atoms with Crippen molar-refractivity contribution >= 4 is 5.57 Å². The van der Waals surface area contributed by atoms with Crippen LogP contribution in [0.15, 0.2) is 37.4 Å². The molecule has 1 aromatic heterocycles. The molecular weight excluding hydrogens is 224 g/mol. The molecule has 3 heteroatoms. The van der Waals surface area contributed by atoms with Crippen molar-refractivity contribution in [3.05, 3.63) is 42.9 Å². The van der Waals surface area contributed by atoms with Crippen LogP contribution in [0.3, 0.4) is 0 Å². The normalized spacial score (nSPS) is 26.3. The van der Waals surface area contributed by atoms with E-state index in [-0.39, 0.29) is 0 Å². The number of hydrogen-bond donors (Lipinski definition) is 1. The average Bonchev–Trinajstić information content (AvgIpc) is 2.83. The maximum Gasteiger partial charge on any atom is 0.145 e. The Morgan fingerprint density at radius 1 is 1.44 bits per heavy atom. The number of nitrogens with one attached hydrogen (secondary N) is 1. The molecule has 3 rings (SSSR count). The van der Waals surface area contributed by atoms with Crippen LogP contribution in [-0.2, 0) is 0 Å². The first kappa shape index (κ1) is 11.5. The summed E-state index contributed by atoms with van der Waals surface area (Å²) in [6, 6.07) is 2.66. The molecule has 94 valence electrons. The van der Waals surface area contributed by atoms with Gasteiger partial charge in [-0.15, -0.1) is 0 Å². The van der Waals surface area contributed by atoms with Crippen molar-refractivity contribution < 1.29 is 4.74 Å². The van der Waals surface area contributed by atoms with E-state index in [1.54, 1.807) is 6.20 Å². The molecule has 0 amide bonds. The molecule has 0 radical (unpaired) electrons. The first-order chi connectivity index (χ1) is 8.86. The second-order valence-corrected chi connectivity index (χ2v) is 4.96. The topological polar surface area (TPSA) is 34.1 Å². The quantitative estimate of drug-likeness (QED) is 0.828. The summed E-state index contributed by atoms with van der Waals surface area (Å²) in [6.45, 7) is 4.72. The van der Waals surface area contributed by atoms with E-state index in [1.165, 1.54) is 30.2 Å². The SMILES string of the molecule is C=COc1cncc(C2=CC3CCCNC3C2)c1. The van der Waals surface area contributed by atoms with Crippen molar-refractivity contribution in [1.29, 1.82) is 0 Å². The first-order valence-electron chi connectivity index (χ1n) is 6.54. The number of rotatable bonds is 3. The molecule has 0 aromatic carbocycles. The minimum Gasteiger partial charge on any atom is -0.464 e. The summed E-state index contributed by atoms with van der Waals surface area (Å²) in [7, 11) is 0. The predicted molar refractivity (Wildman–Crippen MR) is 72.2 cm³/mol. The molecule has 0 bridgehead atoms. The molecule has 1 N–H and O–H groups in total. The third-order valence-corrected chi connectivity index (χ3v) is 3.80. The molecule has 2 atom stereocenters. The van der Waals surface area contributed by atoms with Gasteiger partial charge >= 0.3 is 0 Å². The number of pyridine rings is 1. The van der Waals surface area contributed by atoms with Crippen molar-refractivity contribution in [3.8, 4) is 5.75 Å². The fourth-order valence-corrected chi connectivity index (χ4v) is 2.93. The maximum atomic E-state index is 5.28. The fraction of sp³-hybridized carbons (Fsp3) is 0.400. The lowest BCUT2D eigenvalue weighted by Gasteiger charge is -2.25. The highest BCUT2D eigenvalue weighted by Crippen LogP contribution is 2.36. The van der Waals surface area contributed by atoms with Crippen LogP contribution in [0.2, 0.25) is 0 Å². The number of fused-ring (bicyclic) bond motifs is 1. The van der Waals surface area contributed by atoms with Crippen LogP contribution in [0.25, 0.3) is 5.57 Å². The van der Waals surface area contributed by atoms with Gasteiger partial charge in [0.2, 0.25) is 0 Å². The van der Waals surface area contributed by atoms with Crippen LogP contribution in [0.4, 0.5) is 0 Å². The molecule has 1 fully saturated rings. The molecule has 2 aliphatic rings. The van der Waals surface area contributed by atoms with Crippen molar-refractivity contribution in [1.82, 2.24) is 10.3 Å². The molecule has 1 aliphatic heterocycles. The van der Waals surface area contributed by atoms with Crippen LogP contribution in [0.5, 0.6) is 5.75 Å². The first-order valence-corrected chi connectivity index (χ1v) is 6.54. The number of nitrogens with zero attached hydrogens (tertiary/aromatic N) is 1. The van der Waals surface area contributed by atoms with Gasteiger partial charge in [-0.25, -0.2) is 0 Å². The number of hydrogen-bond acceptors (Lipinski definition) is 3. The van der Waals surface area contributed by atoms with Gasteiger partial charge in [-0.2, -0.15) is 0 Å². The van der Waals surface area contributed by atoms with E-state index in [2.05, 4.69) is 23.0 Å². The number of ether oxygens (including phenoxy) is 1. The predicted octanol–water partition coefficient (Wildman–Crippen LogP) is 2.76. The summed E-state index contributed by atoms with van der Waals surface area (Å²) in [5.74, 6) is 1.45. The summed E-state index contributed by atoms with van der Waals surface area (Å²) >= 11 is 0. The monoisotopic (exact) mass is 242 g/mol. The second-order valence-electron chi connectivity index (χ2n) is 4.96. The highest BCUT2D eigenvalue weighted by atomic mass is 16.5. The Hall–Kier alpha value is -1.61. The maximum absolute atomic E-state index is 5.28. The standard InChI is InChI=1S/C15H18N2O/c1-2-18-14-7-13(9-16-10-14)12-6-11-4-3-5-17-15(11)8-12/h2,6-7,9-11,15,17H,1,3-5,8H2. The van der Waals surface area contributed by atoms with Crippen LogP contribution in [0, 0.1) is 5.92 Å². The fourth-order valence-electron chi connectivity index (χ4n) is 2.93. The summed E-state index contributed by atoms with van der Waals surface area (Å²) < 4.78 is 5.28. The minimum absolute atomic E-state index is 0.623. The summed E-state index contributed by atoms with van der Waals surface area (Å²) in [5, 5.41) is 3.60. The smallest absolute Gasteiger partial charge is 0.145 e. The number of piperidine rings is 1. The third-order valence-electron chi connectivity index (χ3n) is 3.80. The van der Waals surface area contributed by atoms with E-state index in [1.807, 2.05) is 12.3 Å². The van der Waals surface area contributed by atoms with Gasteiger partial charge in [-0.05, 0) is 48.9 Å². The van der Waals surface area contributed by atoms with E-state index >= 15 is 0 Å². The summed E-state index contributed by atoms with van der Waals surface area (Å²) in [5.41, 5.74) is 2.56. The van der Waals surface area contributed by atoms with Gasteiger partial charge in [-0.3, -0.25) is 4.98 Å². The molecular formula is C15H18N2O. The molecule has 1 aliphatic carbocycles. The van der Waals surface area contributed by atoms with E-state index in [4.69, 9.17) is 4.74 Å². The van der Waals surface area contributed by atoms with E-state index in [0.717, 1.165) is 18.7 Å². The average molecular weight is 242 g/mol. The summed E-state index contributed by atoms with van der Waals surface area (Å²) in [6.07, 6.45) is 11.2. The molecule has 0 spiro atoms. The minimum atomic E-state index is 0.623. The Morgan fingerprint density at radius 2 is 2.39 bits per heavy atom. The second kappa shape index (κ2) is 4.94. The van der Waals surface area contributed by atoms with E-state index in [0.29, 0.717) is 12.0 Å². The van der Waals surface area contributed by atoms with Crippen LogP contribution in [-0.4, -0.2) is 17.6 Å². The van der Waals surface area contributed by atoms with Crippen LogP contribution >= 0.6 is 0 Å². The molecule has 1 saturated heterocycles. The van der Waals surface area contributed by atoms with Gasteiger partial charge in [0, 0.05) is 12.2 Å². The Kier molecular flexibility index (Phi) is 3.15. The highest BCUT2D eigenvalue weighted by molar-refractivity contribution is 5.69. The third kappa shape index (κ3) is 2.18. The van der Waals surface area contributed by atoms with Gasteiger partial charge in [0.05, 0.1) is 12.5 Å². The zero-order chi connectivity index (χ0) is 12.4. The van der Waals surface area contributed by atoms with Gasteiger partial charge in [0.1, 0.15) is 5.75 Å². The van der Waals surface area contributed by atoms with Gasteiger partial charge in [-0.1, -0.05) is 12.7 Å². The van der Waals surface area contributed by atoms with Gasteiger partial charge < -0.3 is 10.1 Å². The van der Waals surface area contributed by atoms with Crippen LogP contribution in [0.1, 0.15) is 24.8 Å². The van der Waals surface area contributed by atoms with Gasteiger partial charge in [0.15, 0.2) is 0 Å². The summed E-state index contributed by atoms with van der Waals surface area (Å²) in [4.78, 5) is 4.23. The number of aromatic nitrogens is 1. The van der Waals surface area contributed by atoms with Crippen molar-refractivity contribution in [2.45, 2.75) is 25.3 Å². The lowest BCUT2D eigenvalue weighted by Crippen LogP contribution is -2.37. The molecule has 3 nitrogen and oxygen atoms in total. The zero-order valence-corrected chi connectivity index (χ0v) is 10.4. The molecule has 2 heterocycles. The Bertz CT molecular complexity index is 481. The van der Waals surface area contributed by atoms with E-state index < -0.39 is 0 Å². The zero-order valence-electron chi connectivity index (χ0n) is 10.4. The van der Waals surface area contributed by atoms with Crippen molar-refractivity contribution in [2.75, 3.05) is 6.54 Å². The molecule has 1 aromatic rings. The van der Waals surface area contributed by atoms with Crippen molar-refractivity contribution in [2.24, 2.45) is 5.92 Å². The highest BCUT2D eigenvalue weighted by Gasteiger charge is 2.29. The van der Waals surface area contributed by atoms with E-state index in [9.17, 15) is 0 Å². The Morgan fingerprint density at radius 3 is 3.22 bits per heavy atom. The molecule has 18 heavy (non-hydrogen) atoms. The Labute approximate surface area is 108 Å². The lowest BCUT2D eigenvalue weighted by molar-refractivity contribution is 0.348. The van der Waals surface area contributed by atoms with Crippen molar-refractivity contribution in [3.63, 3.8) is 0 Å². The largest absolute Gasteiger partial charge is 0.464 e.